The van der Waals surface area contributed by atoms with Crippen molar-refractivity contribution >= 4 is 11.6 Å². The minimum absolute atomic E-state index is 0.0894. The standard InChI is InChI=1S/C25H25N7O/c1-30-14-17-11-16(8-9-18(17)25(30)33)19-12-21(15-6-7-15)32-23(26-19)13-20(29-32)24-28-27-22-5-3-2-4-10-31(22)24/h8-9,11-13,15H,2-7,10,14H2,1H3. The highest BCUT2D eigenvalue weighted by Gasteiger charge is 2.29. The molecule has 0 N–H and O–H groups in total. The summed E-state index contributed by atoms with van der Waals surface area (Å²) in [7, 11) is 1.84. The molecule has 3 aliphatic rings. The fourth-order valence-electron chi connectivity index (χ4n) is 5.22. The molecule has 1 aliphatic carbocycles. The van der Waals surface area contributed by atoms with Crippen LogP contribution < -0.4 is 0 Å². The lowest BCUT2D eigenvalue weighted by Crippen LogP contribution is -2.17. The fraction of sp³-hybridized carbons (Fsp3) is 0.400. The molecule has 7 rings (SSSR count). The molecule has 8 heteroatoms. The third-order valence-electron chi connectivity index (χ3n) is 7.17. The molecule has 0 atom stereocenters. The highest BCUT2D eigenvalue weighted by Crippen LogP contribution is 2.41. The van der Waals surface area contributed by atoms with Crippen LogP contribution in [-0.4, -0.2) is 47.2 Å². The molecule has 1 aromatic carbocycles. The molecule has 33 heavy (non-hydrogen) atoms. The molecule has 0 unspecified atom stereocenters. The highest BCUT2D eigenvalue weighted by atomic mass is 16.2. The maximum absolute atomic E-state index is 12.3. The van der Waals surface area contributed by atoms with E-state index in [0.29, 0.717) is 12.5 Å². The quantitative estimate of drug-likeness (QED) is 0.484. The van der Waals surface area contributed by atoms with Gasteiger partial charge in [-0.1, -0.05) is 12.5 Å². The third kappa shape index (κ3) is 3.00. The van der Waals surface area contributed by atoms with E-state index in [1.165, 1.54) is 31.4 Å². The van der Waals surface area contributed by atoms with Gasteiger partial charge in [0.25, 0.3) is 5.91 Å². The van der Waals surface area contributed by atoms with Crippen LogP contribution in [0.1, 0.15) is 65.5 Å². The molecule has 3 aromatic heterocycles. The number of benzene rings is 1. The Hall–Kier alpha value is -3.55. The molecule has 1 amide bonds. The van der Waals surface area contributed by atoms with Gasteiger partial charge in [0, 0.05) is 55.4 Å². The van der Waals surface area contributed by atoms with Crippen molar-refractivity contribution in [2.45, 2.75) is 57.5 Å². The second kappa shape index (κ2) is 6.97. The molecular formula is C25H25N7O. The second-order valence-electron chi connectivity index (χ2n) is 9.58. The summed E-state index contributed by atoms with van der Waals surface area (Å²) in [6.45, 7) is 1.59. The molecule has 0 bridgehead atoms. The first-order valence-corrected chi connectivity index (χ1v) is 11.9. The van der Waals surface area contributed by atoms with E-state index < -0.39 is 0 Å². The van der Waals surface area contributed by atoms with E-state index in [2.05, 4.69) is 26.9 Å². The Morgan fingerprint density at radius 2 is 1.91 bits per heavy atom. The normalized spacial score (nSPS) is 18.0. The van der Waals surface area contributed by atoms with Gasteiger partial charge in [-0.25, -0.2) is 9.50 Å². The first-order chi connectivity index (χ1) is 16.2. The number of aromatic nitrogens is 6. The van der Waals surface area contributed by atoms with Gasteiger partial charge >= 0.3 is 0 Å². The molecule has 1 fully saturated rings. The van der Waals surface area contributed by atoms with Gasteiger partial charge in [0.05, 0.1) is 5.69 Å². The van der Waals surface area contributed by atoms with Crippen LogP contribution in [0.15, 0.2) is 30.3 Å². The zero-order chi connectivity index (χ0) is 22.1. The number of hydrogen-bond acceptors (Lipinski definition) is 5. The van der Waals surface area contributed by atoms with Gasteiger partial charge in [-0.2, -0.15) is 5.10 Å². The molecule has 166 valence electrons. The predicted molar refractivity (Wildman–Crippen MR) is 123 cm³/mol. The van der Waals surface area contributed by atoms with E-state index in [9.17, 15) is 4.79 Å². The van der Waals surface area contributed by atoms with Crippen LogP contribution in [0, 0.1) is 0 Å². The minimum Gasteiger partial charge on any atom is -0.337 e. The highest BCUT2D eigenvalue weighted by molar-refractivity contribution is 5.98. The fourth-order valence-corrected chi connectivity index (χ4v) is 5.22. The van der Waals surface area contributed by atoms with Gasteiger partial charge in [0.15, 0.2) is 11.5 Å². The van der Waals surface area contributed by atoms with Gasteiger partial charge < -0.3 is 9.47 Å². The molecule has 0 radical (unpaired) electrons. The van der Waals surface area contributed by atoms with Gasteiger partial charge in [0.1, 0.15) is 11.5 Å². The van der Waals surface area contributed by atoms with E-state index in [-0.39, 0.29) is 5.91 Å². The zero-order valence-electron chi connectivity index (χ0n) is 18.7. The number of fused-ring (bicyclic) bond motifs is 3. The Morgan fingerprint density at radius 3 is 2.79 bits per heavy atom. The van der Waals surface area contributed by atoms with Crippen molar-refractivity contribution in [2.24, 2.45) is 0 Å². The van der Waals surface area contributed by atoms with Crippen LogP contribution in [-0.2, 0) is 19.5 Å². The van der Waals surface area contributed by atoms with E-state index in [4.69, 9.17) is 10.1 Å². The first kappa shape index (κ1) is 19.0. The SMILES string of the molecule is CN1Cc2cc(-c3cc(C4CC4)n4nc(-c5nnc6n5CCCCC6)cc4n3)ccc2C1=O. The summed E-state index contributed by atoms with van der Waals surface area (Å²) in [6.07, 6.45) is 6.88. The summed E-state index contributed by atoms with van der Waals surface area (Å²) in [6, 6.07) is 10.3. The molecule has 4 aromatic rings. The summed E-state index contributed by atoms with van der Waals surface area (Å²) < 4.78 is 4.24. The predicted octanol–water partition coefficient (Wildman–Crippen LogP) is 3.84. The average Bonchev–Trinajstić information content (AvgIpc) is 3.44. The molecule has 0 saturated heterocycles. The van der Waals surface area contributed by atoms with Crippen LogP contribution in [0.3, 0.4) is 0 Å². The van der Waals surface area contributed by atoms with E-state index in [1.807, 2.05) is 29.8 Å². The Kier molecular flexibility index (Phi) is 4.01. The van der Waals surface area contributed by atoms with Crippen molar-refractivity contribution in [2.75, 3.05) is 7.05 Å². The summed E-state index contributed by atoms with van der Waals surface area (Å²) in [5.74, 6) is 2.51. The number of nitrogens with zero attached hydrogens (tertiary/aromatic N) is 7. The van der Waals surface area contributed by atoms with Crippen LogP contribution in [0.5, 0.6) is 0 Å². The van der Waals surface area contributed by atoms with Crippen LogP contribution in [0.25, 0.3) is 28.4 Å². The van der Waals surface area contributed by atoms with E-state index in [0.717, 1.165) is 64.8 Å². The van der Waals surface area contributed by atoms with E-state index in [1.54, 1.807) is 4.90 Å². The Morgan fingerprint density at radius 1 is 1.00 bits per heavy atom. The van der Waals surface area contributed by atoms with Crippen molar-refractivity contribution in [3.63, 3.8) is 0 Å². The van der Waals surface area contributed by atoms with Crippen molar-refractivity contribution in [1.82, 2.24) is 34.3 Å². The molecule has 0 spiro atoms. The lowest BCUT2D eigenvalue weighted by Gasteiger charge is -2.08. The number of aryl methyl sites for hydroxylation is 1. The summed E-state index contributed by atoms with van der Waals surface area (Å²) in [5.41, 5.74) is 6.71. The van der Waals surface area contributed by atoms with Crippen molar-refractivity contribution in [3.8, 4) is 22.8 Å². The monoisotopic (exact) mass is 439 g/mol. The maximum atomic E-state index is 12.3. The van der Waals surface area contributed by atoms with Crippen LogP contribution in [0.2, 0.25) is 0 Å². The molecule has 2 aliphatic heterocycles. The number of rotatable bonds is 3. The summed E-state index contributed by atoms with van der Waals surface area (Å²) >= 11 is 0. The number of amides is 1. The average molecular weight is 440 g/mol. The molecule has 5 heterocycles. The van der Waals surface area contributed by atoms with E-state index >= 15 is 0 Å². The lowest BCUT2D eigenvalue weighted by atomic mass is 10.0. The van der Waals surface area contributed by atoms with Crippen molar-refractivity contribution in [1.29, 1.82) is 0 Å². The summed E-state index contributed by atoms with van der Waals surface area (Å²) in [4.78, 5) is 19.0. The molecule has 1 saturated carbocycles. The number of carbonyl (C=O) groups is 1. The Bertz CT molecular complexity index is 1430. The van der Waals surface area contributed by atoms with Gasteiger partial charge in [-0.3, -0.25) is 4.79 Å². The largest absolute Gasteiger partial charge is 0.337 e. The van der Waals surface area contributed by atoms with Crippen molar-refractivity contribution < 1.29 is 4.79 Å². The number of carbonyl (C=O) groups excluding carboxylic acids is 1. The maximum Gasteiger partial charge on any atom is 0.254 e. The van der Waals surface area contributed by atoms with Gasteiger partial charge in [-0.15, -0.1) is 10.2 Å². The topological polar surface area (TPSA) is 81.2 Å². The number of hydrogen-bond donors (Lipinski definition) is 0. The third-order valence-corrected chi connectivity index (χ3v) is 7.17. The Labute approximate surface area is 191 Å². The van der Waals surface area contributed by atoms with Crippen LogP contribution >= 0.6 is 0 Å². The summed E-state index contributed by atoms with van der Waals surface area (Å²) in [5, 5.41) is 13.9. The zero-order valence-corrected chi connectivity index (χ0v) is 18.7. The van der Waals surface area contributed by atoms with Gasteiger partial charge in [0.2, 0.25) is 0 Å². The lowest BCUT2D eigenvalue weighted by molar-refractivity contribution is 0.0816. The minimum atomic E-state index is 0.0894. The molecular weight excluding hydrogens is 414 g/mol. The Balaban J connectivity index is 1.35. The smallest absolute Gasteiger partial charge is 0.254 e. The van der Waals surface area contributed by atoms with Crippen molar-refractivity contribution in [3.05, 3.63) is 53.0 Å². The second-order valence-corrected chi connectivity index (χ2v) is 9.58. The van der Waals surface area contributed by atoms with Crippen LogP contribution in [0.4, 0.5) is 0 Å². The first-order valence-electron chi connectivity index (χ1n) is 11.9. The van der Waals surface area contributed by atoms with Gasteiger partial charge in [-0.05, 0) is 49.4 Å². The molecule has 8 nitrogen and oxygen atoms in total.